The van der Waals surface area contributed by atoms with Crippen molar-refractivity contribution in [2.75, 3.05) is 50.0 Å². The van der Waals surface area contributed by atoms with Crippen molar-refractivity contribution < 1.29 is 13.2 Å². The Labute approximate surface area is 132 Å². The highest BCUT2D eigenvalue weighted by atomic mass is 32.2. The van der Waals surface area contributed by atoms with Crippen LogP contribution in [0.3, 0.4) is 0 Å². The lowest BCUT2D eigenvalue weighted by Gasteiger charge is -2.31. The third-order valence-electron chi connectivity index (χ3n) is 4.57. The Bertz CT molecular complexity index is 608. The molecule has 1 atom stereocenters. The Kier molecular flexibility index (Phi) is 4.38. The lowest BCUT2D eigenvalue weighted by Crippen LogP contribution is -2.43. The van der Waals surface area contributed by atoms with Crippen LogP contribution in [0.4, 0.5) is 5.82 Å². The lowest BCUT2D eigenvalue weighted by molar-refractivity contribution is 0.0807. The quantitative estimate of drug-likeness (QED) is 0.828. The van der Waals surface area contributed by atoms with Gasteiger partial charge >= 0.3 is 0 Å². The summed E-state index contributed by atoms with van der Waals surface area (Å²) in [6.45, 7) is 5.48. The van der Waals surface area contributed by atoms with Crippen LogP contribution < -0.4 is 4.90 Å². The minimum atomic E-state index is -3.17. The van der Waals surface area contributed by atoms with Crippen LogP contribution >= 0.6 is 0 Å². The fourth-order valence-corrected chi connectivity index (χ4v) is 4.48. The molecule has 0 amide bonds. The van der Waals surface area contributed by atoms with E-state index in [2.05, 4.69) is 9.88 Å². The van der Waals surface area contributed by atoms with Crippen LogP contribution in [0, 0.1) is 5.41 Å². The average Bonchev–Trinajstić information content (AvgIpc) is 2.82. The minimum Gasteiger partial charge on any atom is -0.379 e. The fraction of sp³-hybridized carbons (Fsp3) is 0.667. The summed E-state index contributed by atoms with van der Waals surface area (Å²) in [7, 11) is -3.17. The fourth-order valence-electron chi connectivity index (χ4n) is 3.29. The Hall–Kier alpha value is -1.18. The highest BCUT2D eigenvalue weighted by molar-refractivity contribution is 7.89. The molecule has 0 aliphatic carbocycles. The average molecular weight is 325 g/mol. The van der Waals surface area contributed by atoms with E-state index in [0.717, 1.165) is 25.3 Å². The Morgan fingerprint density at radius 2 is 2.18 bits per heavy atom. The third kappa shape index (κ3) is 3.11. The molecular weight excluding hydrogens is 302 g/mol. The molecule has 0 radical (unpaired) electrons. The molecule has 0 N–H and O–H groups in total. The van der Waals surface area contributed by atoms with Crippen molar-refractivity contribution in [1.29, 1.82) is 0 Å². The number of anilines is 1. The molecule has 0 unspecified atom stereocenters. The summed E-state index contributed by atoms with van der Waals surface area (Å²) in [5, 5.41) is 0. The van der Waals surface area contributed by atoms with E-state index >= 15 is 0 Å². The zero-order valence-electron chi connectivity index (χ0n) is 12.9. The van der Waals surface area contributed by atoms with Gasteiger partial charge in [-0.3, -0.25) is 0 Å². The van der Waals surface area contributed by atoms with E-state index in [-0.39, 0.29) is 11.2 Å². The number of sulfonamides is 1. The topological polar surface area (TPSA) is 62.7 Å². The number of hydrogen-bond donors (Lipinski definition) is 0. The second-order valence-electron chi connectivity index (χ2n) is 6.15. The first-order valence-corrected chi connectivity index (χ1v) is 9.37. The number of aromatic nitrogens is 1. The van der Waals surface area contributed by atoms with Gasteiger partial charge in [0.05, 0.1) is 19.0 Å². The highest BCUT2D eigenvalue weighted by Gasteiger charge is 2.43. The number of rotatable bonds is 3. The van der Waals surface area contributed by atoms with Gasteiger partial charge in [0, 0.05) is 37.8 Å². The summed E-state index contributed by atoms with van der Waals surface area (Å²) in [4.78, 5) is 6.63. The number of pyridine rings is 1. The van der Waals surface area contributed by atoms with Crippen LogP contribution in [0.1, 0.15) is 13.3 Å². The van der Waals surface area contributed by atoms with Gasteiger partial charge in [0.25, 0.3) is 0 Å². The molecule has 1 spiro atoms. The van der Waals surface area contributed by atoms with Crippen LogP contribution in [-0.2, 0) is 14.8 Å². The highest BCUT2D eigenvalue weighted by Crippen LogP contribution is 2.35. The van der Waals surface area contributed by atoms with E-state index in [0.29, 0.717) is 26.3 Å². The number of hydrogen-bond acceptors (Lipinski definition) is 5. The molecule has 22 heavy (non-hydrogen) atoms. The SMILES string of the molecule is CCS(=O)(=O)N1CCOC[C@]2(CCN(c3ccccn3)C2)C1. The normalized spacial score (nSPS) is 27.2. The molecule has 2 aliphatic rings. The Morgan fingerprint density at radius 3 is 2.91 bits per heavy atom. The molecule has 6 nitrogen and oxygen atoms in total. The summed E-state index contributed by atoms with van der Waals surface area (Å²) in [6, 6.07) is 5.88. The summed E-state index contributed by atoms with van der Waals surface area (Å²) < 4.78 is 31.8. The van der Waals surface area contributed by atoms with Crippen molar-refractivity contribution >= 4 is 15.8 Å². The molecule has 122 valence electrons. The van der Waals surface area contributed by atoms with Gasteiger partial charge in [0.2, 0.25) is 10.0 Å². The molecule has 7 heteroatoms. The van der Waals surface area contributed by atoms with Crippen LogP contribution in [0.5, 0.6) is 0 Å². The van der Waals surface area contributed by atoms with E-state index < -0.39 is 10.0 Å². The van der Waals surface area contributed by atoms with E-state index in [1.807, 2.05) is 18.2 Å². The monoisotopic (exact) mass is 325 g/mol. The maximum Gasteiger partial charge on any atom is 0.213 e. The van der Waals surface area contributed by atoms with E-state index in [9.17, 15) is 8.42 Å². The largest absolute Gasteiger partial charge is 0.379 e. The summed E-state index contributed by atoms with van der Waals surface area (Å²) in [5.74, 6) is 1.10. The number of ether oxygens (including phenoxy) is 1. The zero-order valence-corrected chi connectivity index (χ0v) is 13.8. The lowest BCUT2D eigenvalue weighted by atomic mass is 9.88. The van der Waals surface area contributed by atoms with Crippen molar-refractivity contribution in [2.45, 2.75) is 13.3 Å². The van der Waals surface area contributed by atoms with E-state index in [1.165, 1.54) is 0 Å². The molecule has 2 aliphatic heterocycles. The van der Waals surface area contributed by atoms with Crippen LogP contribution in [-0.4, -0.2) is 62.9 Å². The third-order valence-corrected chi connectivity index (χ3v) is 6.40. The predicted molar refractivity (Wildman–Crippen MR) is 85.4 cm³/mol. The molecule has 0 saturated carbocycles. The Balaban J connectivity index is 1.78. The molecule has 3 rings (SSSR count). The first-order chi connectivity index (χ1) is 10.5. The second kappa shape index (κ2) is 6.14. The first-order valence-electron chi connectivity index (χ1n) is 7.76. The molecule has 2 saturated heterocycles. The number of nitrogens with zero attached hydrogens (tertiary/aromatic N) is 3. The second-order valence-corrected chi connectivity index (χ2v) is 8.40. The zero-order chi connectivity index (χ0) is 15.6. The van der Waals surface area contributed by atoms with Gasteiger partial charge in [-0.2, -0.15) is 4.31 Å². The van der Waals surface area contributed by atoms with Crippen molar-refractivity contribution in [3.05, 3.63) is 24.4 Å². The van der Waals surface area contributed by atoms with Gasteiger partial charge in [-0.15, -0.1) is 0 Å². The molecule has 0 bridgehead atoms. The smallest absolute Gasteiger partial charge is 0.213 e. The maximum absolute atomic E-state index is 12.2. The van der Waals surface area contributed by atoms with Gasteiger partial charge in [-0.05, 0) is 25.5 Å². The van der Waals surface area contributed by atoms with Crippen molar-refractivity contribution in [1.82, 2.24) is 9.29 Å². The molecular formula is C15H23N3O3S. The van der Waals surface area contributed by atoms with Gasteiger partial charge in [-0.25, -0.2) is 13.4 Å². The van der Waals surface area contributed by atoms with Crippen molar-refractivity contribution in [3.63, 3.8) is 0 Å². The summed E-state index contributed by atoms with van der Waals surface area (Å²) in [6.07, 6.45) is 2.72. The Morgan fingerprint density at radius 1 is 1.32 bits per heavy atom. The molecule has 3 heterocycles. The van der Waals surface area contributed by atoms with Gasteiger partial charge in [-0.1, -0.05) is 6.07 Å². The predicted octanol–water partition coefficient (Wildman–Crippen LogP) is 0.960. The summed E-state index contributed by atoms with van der Waals surface area (Å²) in [5.41, 5.74) is -0.129. The molecule has 0 aromatic carbocycles. The van der Waals surface area contributed by atoms with Crippen molar-refractivity contribution in [2.24, 2.45) is 5.41 Å². The van der Waals surface area contributed by atoms with E-state index in [1.54, 1.807) is 17.4 Å². The van der Waals surface area contributed by atoms with Crippen LogP contribution in [0.25, 0.3) is 0 Å². The minimum absolute atomic E-state index is 0.129. The molecule has 1 aromatic heterocycles. The van der Waals surface area contributed by atoms with Crippen LogP contribution in [0.15, 0.2) is 24.4 Å². The van der Waals surface area contributed by atoms with Gasteiger partial charge in [0.15, 0.2) is 0 Å². The van der Waals surface area contributed by atoms with E-state index in [4.69, 9.17) is 4.74 Å². The van der Waals surface area contributed by atoms with Gasteiger partial charge in [0.1, 0.15) is 5.82 Å². The first kappa shape index (κ1) is 15.7. The molecule has 1 aromatic rings. The van der Waals surface area contributed by atoms with Gasteiger partial charge < -0.3 is 9.64 Å². The van der Waals surface area contributed by atoms with Crippen LogP contribution in [0.2, 0.25) is 0 Å². The summed E-state index contributed by atoms with van der Waals surface area (Å²) >= 11 is 0. The standard InChI is InChI=1S/C15H23N3O3S/c1-2-22(19,20)18-9-10-21-13-15(12-18)6-8-17(11-15)14-5-3-4-7-16-14/h3-5,7H,2,6,8-13H2,1H3/t15-/m0/s1. The molecule has 2 fully saturated rings. The van der Waals surface area contributed by atoms with Crippen molar-refractivity contribution in [3.8, 4) is 0 Å². The maximum atomic E-state index is 12.2.